The molecule has 3 amide bonds. The molecule has 0 spiro atoms. The number of carbonyl (C=O) groups excluding carboxylic acids is 3. The van der Waals surface area contributed by atoms with E-state index in [2.05, 4.69) is 16.3 Å². The Bertz CT molecular complexity index is 1120. The first-order chi connectivity index (χ1) is 19.6. The molecule has 2 aliphatic rings. The number of rotatable bonds is 9. The fourth-order valence-corrected chi connectivity index (χ4v) is 5.24. The van der Waals surface area contributed by atoms with E-state index in [1.54, 1.807) is 15.9 Å². The van der Waals surface area contributed by atoms with Crippen molar-refractivity contribution in [1.29, 1.82) is 5.26 Å². The molecule has 2 fully saturated rings. The van der Waals surface area contributed by atoms with Crippen LogP contribution in [0.3, 0.4) is 0 Å². The van der Waals surface area contributed by atoms with Gasteiger partial charge in [0.05, 0.1) is 19.1 Å². The van der Waals surface area contributed by atoms with E-state index >= 15 is 0 Å². The van der Waals surface area contributed by atoms with Crippen molar-refractivity contribution in [3.8, 4) is 6.07 Å². The van der Waals surface area contributed by atoms with Gasteiger partial charge in [-0.2, -0.15) is 5.26 Å². The second kappa shape index (κ2) is 14.9. The molecule has 13 heteroatoms. The van der Waals surface area contributed by atoms with Crippen molar-refractivity contribution in [2.45, 2.75) is 57.1 Å². The van der Waals surface area contributed by atoms with Gasteiger partial charge in [0.2, 0.25) is 0 Å². The molecule has 2 saturated heterocycles. The van der Waals surface area contributed by atoms with Gasteiger partial charge in [0, 0.05) is 38.3 Å². The number of hydrogen-bond donors (Lipinski definition) is 3. The molecule has 41 heavy (non-hydrogen) atoms. The minimum atomic E-state index is -1.79. The maximum Gasteiger partial charge on any atom is 0.475 e. The molecule has 3 N–H and O–H groups in total. The number of benzene rings is 1. The first-order valence-corrected chi connectivity index (χ1v) is 13.9. The Labute approximate surface area is 241 Å². The third-order valence-electron chi connectivity index (χ3n) is 7.63. The highest BCUT2D eigenvalue weighted by atomic mass is 16.6. The van der Waals surface area contributed by atoms with Crippen LogP contribution in [-0.2, 0) is 20.7 Å². The van der Waals surface area contributed by atoms with E-state index in [4.69, 9.17) is 9.47 Å². The molecular formula is C28H40BN5O7. The Morgan fingerprint density at radius 3 is 2.44 bits per heavy atom. The molecule has 2 aliphatic heterocycles. The van der Waals surface area contributed by atoms with Crippen molar-refractivity contribution in [2.75, 3.05) is 46.4 Å². The zero-order valence-corrected chi connectivity index (χ0v) is 24.0. The second-order valence-corrected chi connectivity index (χ2v) is 10.9. The normalized spacial score (nSPS) is 19.1. The molecule has 0 bridgehead atoms. The Hall–Kier alpha value is -3.60. The molecule has 0 radical (unpaired) electrons. The van der Waals surface area contributed by atoms with Crippen molar-refractivity contribution in [3.05, 3.63) is 47.5 Å². The van der Waals surface area contributed by atoms with Crippen molar-refractivity contribution in [2.24, 2.45) is 0 Å². The predicted molar refractivity (Wildman–Crippen MR) is 151 cm³/mol. The summed E-state index contributed by atoms with van der Waals surface area (Å²) in [6.45, 7) is 6.28. The van der Waals surface area contributed by atoms with Gasteiger partial charge >= 0.3 is 19.3 Å². The maximum atomic E-state index is 13.5. The number of hydrogen-bond acceptors (Lipinski definition) is 9. The van der Waals surface area contributed by atoms with Gasteiger partial charge in [0.25, 0.3) is 5.91 Å². The Morgan fingerprint density at radius 1 is 1.15 bits per heavy atom. The van der Waals surface area contributed by atoms with E-state index in [1.807, 2.05) is 44.2 Å². The third-order valence-corrected chi connectivity index (χ3v) is 7.63. The summed E-state index contributed by atoms with van der Waals surface area (Å²) in [5, 5.41) is 31.9. The molecule has 2 heterocycles. The molecule has 0 aromatic heterocycles. The number of piperazine rings is 1. The fourth-order valence-electron chi connectivity index (χ4n) is 5.24. The first kappa shape index (κ1) is 31.9. The lowest BCUT2D eigenvalue weighted by molar-refractivity contribution is -0.131. The van der Waals surface area contributed by atoms with E-state index in [1.165, 1.54) is 7.11 Å². The van der Waals surface area contributed by atoms with Gasteiger partial charge < -0.3 is 34.6 Å². The number of amides is 3. The molecule has 1 aromatic carbocycles. The Balaban J connectivity index is 1.61. The van der Waals surface area contributed by atoms with Crippen LogP contribution in [0.5, 0.6) is 0 Å². The predicted octanol–water partition coefficient (Wildman–Crippen LogP) is 1.33. The summed E-state index contributed by atoms with van der Waals surface area (Å²) in [7, 11) is -0.439. The smallest absolute Gasteiger partial charge is 0.453 e. The number of piperidine rings is 1. The van der Waals surface area contributed by atoms with Gasteiger partial charge in [-0.05, 0) is 51.2 Å². The van der Waals surface area contributed by atoms with Crippen LogP contribution in [0.4, 0.5) is 9.59 Å². The van der Waals surface area contributed by atoms with E-state index in [9.17, 15) is 29.7 Å². The minimum Gasteiger partial charge on any atom is -0.453 e. The lowest BCUT2D eigenvalue weighted by atomic mass is 9.76. The molecule has 2 atom stereocenters. The van der Waals surface area contributed by atoms with Crippen LogP contribution in [-0.4, -0.2) is 114 Å². The molecule has 0 saturated carbocycles. The summed E-state index contributed by atoms with van der Waals surface area (Å²) >= 11 is 0. The van der Waals surface area contributed by atoms with Gasteiger partial charge in [0.15, 0.2) is 0 Å². The average molecular weight is 569 g/mol. The van der Waals surface area contributed by atoms with E-state index < -0.39 is 36.6 Å². The highest BCUT2D eigenvalue weighted by molar-refractivity contribution is 6.43. The zero-order valence-electron chi connectivity index (χ0n) is 24.0. The van der Waals surface area contributed by atoms with E-state index in [0.29, 0.717) is 39.1 Å². The van der Waals surface area contributed by atoms with E-state index in [0.717, 1.165) is 18.4 Å². The average Bonchev–Trinajstić information content (AvgIpc) is 2.98. The van der Waals surface area contributed by atoms with Crippen molar-refractivity contribution in [1.82, 2.24) is 20.0 Å². The summed E-state index contributed by atoms with van der Waals surface area (Å²) in [6, 6.07) is 10.8. The van der Waals surface area contributed by atoms with Crippen molar-refractivity contribution in [3.63, 3.8) is 0 Å². The maximum absolute atomic E-state index is 13.5. The van der Waals surface area contributed by atoms with Crippen molar-refractivity contribution < 1.29 is 33.9 Å². The molecule has 0 aliphatic carbocycles. The quantitative estimate of drug-likeness (QED) is 0.227. The number of carbonyl (C=O) groups is 3. The SMILES string of the molecule is COC(=O)N1CCN(C(C)(C)C=C(C#N)C(=O)N2CCCC[C@@H]2COC(=O)N[C@@H](Cc2ccccc2)B(O)O)CC1. The molecule has 3 rings (SSSR count). The van der Waals surface area contributed by atoms with Crippen LogP contribution in [0.15, 0.2) is 42.0 Å². The van der Waals surface area contributed by atoms with Crippen LogP contribution >= 0.6 is 0 Å². The highest BCUT2D eigenvalue weighted by Crippen LogP contribution is 2.24. The summed E-state index contributed by atoms with van der Waals surface area (Å²) in [5.41, 5.74) is 0.205. The summed E-state index contributed by atoms with van der Waals surface area (Å²) in [6.07, 6.45) is 2.88. The lowest BCUT2D eigenvalue weighted by Crippen LogP contribution is -2.55. The molecule has 12 nitrogen and oxygen atoms in total. The van der Waals surface area contributed by atoms with Crippen LogP contribution in [0, 0.1) is 11.3 Å². The number of nitrogens with zero attached hydrogens (tertiary/aromatic N) is 4. The van der Waals surface area contributed by atoms with Gasteiger partial charge in [0.1, 0.15) is 18.2 Å². The lowest BCUT2D eigenvalue weighted by Gasteiger charge is -2.42. The zero-order chi connectivity index (χ0) is 30.0. The minimum absolute atomic E-state index is 0.00748. The summed E-state index contributed by atoms with van der Waals surface area (Å²) in [5.74, 6) is -1.39. The van der Waals surface area contributed by atoms with Gasteiger partial charge in [-0.15, -0.1) is 0 Å². The van der Waals surface area contributed by atoms with Crippen LogP contribution in [0.1, 0.15) is 38.7 Å². The van der Waals surface area contributed by atoms with Crippen LogP contribution in [0.25, 0.3) is 0 Å². The Morgan fingerprint density at radius 2 is 1.83 bits per heavy atom. The Kier molecular flexibility index (Phi) is 11.6. The number of nitrogens with one attached hydrogen (secondary N) is 1. The number of methoxy groups -OCH3 is 1. The van der Waals surface area contributed by atoms with Crippen molar-refractivity contribution >= 4 is 25.2 Å². The molecule has 222 valence electrons. The fraction of sp³-hybridized carbons (Fsp3) is 0.571. The topological polar surface area (TPSA) is 156 Å². The van der Waals surface area contributed by atoms with Crippen LogP contribution in [0.2, 0.25) is 0 Å². The molecular weight excluding hydrogens is 529 g/mol. The molecule has 0 unspecified atom stereocenters. The van der Waals surface area contributed by atoms with Gasteiger partial charge in [-0.25, -0.2) is 9.59 Å². The largest absolute Gasteiger partial charge is 0.475 e. The standard InChI is InChI=1S/C28H40BN5O7/c1-28(2,33-15-13-32(14-16-33)27(37)40-3)18-22(19-30)25(35)34-12-8-7-11-23(34)20-41-26(36)31-24(29(38)39)17-21-9-5-4-6-10-21/h4-6,9-10,18,23-24,38-39H,7-8,11-17,20H2,1-3H3,(H,31,36)/t23-,24+/m1/s1. The van der Waals surface area contributed by atoms with Crippen LogP contribution < -0.4 is 5.32 Å². The monoisotopic (exact) mass is 569 g/mol. The third kappa shape index (κ3) is 8.95. The van der Waals surface area contributed by atoms with Gasteiger partial charge in [-0.3, -0.25) is 9.69 Å². The highest BCUT2D eigenvalue weighted by Gasteiger charge is 2.35. The summed E-state index contributed by atoms with van der Waals surface area (Å²) in [4.78, 5) is 43.2. The number of ether oxygens (including phenoxy) is 2. The number of nitriles is 1. The van der Waals surface area contributed by atoms with E-state index in [-0.39, 0.29) is 24.7 Å². The summed E-state index contributed by atoms with van der Waals surface area (Å²) < 4.78 is 10.2. The number of likely N-dealkylation sites (tertiary alicyclic amines) is 1. The molecule has 1 aromatic rings. The first-order valence-electron chi connectivity index (χ1n) is 13.9. The van der Waals surface area contributed by atoms with Gasteiger partial charge in [-0.1, -0.05) is 30.3 Å². The second-order valence-electron chi connectivity index (χ2n) is 10.9. The number of alkyl carbamates (subject to hydrolysis) is 1.